The van der Waals surface area contributed by atoms with Crippen molar-refractivity contribution in [3.63, 3.8) is 0 Å². The van der Waals surface area contributed by atoms with Crippen LogP contribution in [0.15, 0.2) is 78.9 Å². The van der Waals surface area contributed by atoms with Crippen LogP contribution in [0.2, 0.25) is 0 Å². The minimum atomic E-state index is -0.512. The summed E-state index contributed by atoms with van der Waals surface area (Å²) in [5.41, 5.74) is 10.8. The Morgan fingerprint density at radius 3 is 2.17 bits per heavy atom. The molecule has 6 heteroatoms. The van der Waals surface area contributed by atoms with Crippen molar-refractivity contribution in [3.05, 3.63) is 101 Å². The monoisotopic (exact) mass is 485 g/mol. The number of nitrogens with zero attached hydrogens (tertiary/aromatic N) is 2. The first-order chi connectivity index (χ1) is 17.5. The summed E-state index contributed by atoms with van der Waals surface area (Å²) in [4.78, 5) is 29.6. The molecule has 1 aliphatic heterocycles. The Balaban J connectivity index is 1.50. The molecule has 1 aliphatic rings. The number of nitrogens with two attached hydrogens (primary N) is 1. The molecule has 6 nitrogen and oxygen atoms in total. The van der Waals surface area contributed by atoms with Crippen LogP contribution in [0.4, 0.5) is 5.69 Å². The number of esters is 1. The van der Waals surface area contributed by atoms with Crippen molar-refractivity contribution in [2.24, 2.45) is 5.73 Å². The number of ether oxygens (including phenoxy) is 1. The second-order valence-corrected chi connectivity index (χ2v) is 9.32. The topological polar surface area (TPSA) is 75.9 Å². The maximum absolute atomic E-state index is 12.7. The van der Waals surface area contributed by atoms with Gasteiger partial charge in [0.05, 0.1) is 18.1 Å². The zero-order valence-corrected chi connectivity index (χ0v) is 21.1. The SMILES string of the molecule is CCOC(=O)c1ccc(C(C(N)=O)C(C)c2ccccc2N2CCN(Cc3ccccc3)CC2)cc1. The molecule has 2 N–H and O–H groups in total. The predicted molar refractivity (Wildman–Crippen MR) is 143 cm³/mol. The molecule has 4 rings (SSSR count). The molecule has 3 aromatic rings. The summed E-state index contributed by atoms with van der Waals surface area (Å²) in [5.74, 6) is -1.39. The van der Waals surface area contributed by atoms with Crippen molar-refractivity contribution in [2.75, 3.05) is 37.7 Å². The molecule has 0 aliphatic carbocycles. The van der Waals surface area contributed by atoms with Crippen LogP contribution in [0.1, 0.15) is 52.7 Å². The molecule has 0 radical (unpaired) electrons. The number of hydrogen-bond acceptors (Lipinski definition) is 5. The summed E-state index contributed by atoms with van der Waals surface area (Å²) < 4.78 is 5.08. The van der Waals surface area contributed by atoms with Gasteiger partial charge in [0.2, 0.25) is 5.91 Å². The summed E-state index contributed by atoms with van der Waals surface area (Å²) in [6.07, 6.45) is 0. The van der Waals surface area contributed by atoms with E-state index in [9.17, 15) is 9.59 Å². The number of anilines is 1. The quantitative estimate of drug-likeness (QED) is 0.450. The highest BCUT2D eigenvalue weighted by Crippen LogP contribution is 2.38. The number of piperazine rings is 1. The van der Waals surface area contributed by atoms with Crippen molar-refractivity contribution in [1.82, 2.24) is 4.90 Å². The Morgan fingerprint density at radius 2 is 1.53 bits per heavy atom. The molecular weight excluding hydrogens is 450 g/mol. The number of carbonyl (C=O) groups is 2. The molecule has 0 bridgehead atoms. The van der Waals surface area contributed by atoms with Gasteiger partial charge >= 0.3 is 5.97 Å². The normalized spacial score (nSPS) is 15.8. The number of hydrogen-bond donors (Lipinski definition) is 1. The fraction of sp³-hybridized carbons (Fsp3) is 0.333. The number of para-hydroxylation sites is 1. The second kappa shape index (κ2) is 11.9. The highest BCUT2D eigenvalue weighted by molar-refractivity contribution is 5.90. The Morgan fingerprint density at radius 1 is 0.889 bits per heavy atom. The van der Waals surface area contributed by atoms with Crippen LogP contribution in [0.5, 0.6) is 0 Å². The van der Waals surface area contributed by atoms with Gasteiger partial charge in [-0.1, -0.05) is 67.6 Å². The molecule has 1 heterocycles. The van der Waals surface area contributed by atoms with Crippen LogP contribution >= 0.6 is 0 Å². The third-order valence-electron chi connectivity index (χ3n) is 6.98. The smallest absolute Gasteiger partial charge is 0.338 e. The number of benzene rings is 3. The summed E-state index contributed by atoms with van der Waals surface area (Å²) >= 11 is 0. The molecule has 1 fully saturated rings. The standard InChI is InChI=1S/C30H35N3O3/c1-3-36-30(35)25-15-13-24(14-16-25)28(29(31)34)22(2)26-11-7-8-12-27(26)33-19-17-32(18-20-33)21-23-9-5-4-6-10-23/h4-16,22,28H,3,17-21H2,1-2H3,(H2,31,34). The van der Waals surface area contributed by atoms with Gasteiger partial charge in [-0.3, -0.25) is 9.69 Å². The molecular formula is C30H35N3O3. The number of carbonyl (C=O) groups excluding carboxylic acids is 2. The zero-order chi connectivity index (χ0) is 25.5. The van der Waals surface area contributed by atoms with Crippen molar-refractivity contribution in [2.45, 2.75) is 32.2 Å². The van der Waals surface area contributed by atoms with Crippen LogP contribution in [-0.2, 0) is 16.1 Å². The Labute approximate surface area is 213 Å². The highest BCUT2D eigenvalue weighted by Gasteiger charge is 2.29. The van der Waals surface area contributed by atoms with E-state index in [0.717, 1.165) is 49.5 Å². The first-order valence-corrected chi connectivity index (χ1v) is 12.6. The van der Waals surface area contributed by atoms with Crippen LogP contribution in [-0.4, -0.2) is 49.6 Å². The molecule has 188 valence electrons. The lowest BCUT2D eigenvalue weighted by molar-refractivity contribution is -0.119. The fourth-order valence-corrected chi connectivity index (χ4v) is 5.07. The molecule has 3 aromatic carbocycles. The maximum atomic E-state index is 12.7. The number of rotatable bonds is 9. The largest absolute Gasteiger partial charge is 0.462 e. The molecule has 2 unspecified atom stereocenters. The zero-order valence-electron chi connectivity index (χ0n) is 21.1. The van der Waals surface area contributed by atoms with E-state index in [-0.39, 0.29) is 17.8 Å². The molecule has 1 amide bonds. The number of amides is 1. The lowest BCUT2D eigenvalue weighted by atomic mass is 9.81. The molecule has 1 saturated heterocycles. The van der Waals surface area contributed by atoms with Crippen molar-refractivity contribution in [3.8, 4) is 0 Å². The number of primary amides is 1. The van der Waals surface area contributed by atoms with Gasteiger partial charge in [0.15, 0.2) is 0 Å². The Kier molecular flexibility index (Phi) is 8.39. The molecule has 2 atom stereocenters. The second-order valence-electron chi connectivity index (χ2n) is 9.32. The molecule has 0 aromatic heterocycles. The van der Waals surface area contributed by atoms with E-state index in [1.165, 1.54) is 5.56 Å². The first kappa shape index (κ1) is 25.5. The van der Waals surface area contributed by atoms with E-state index in [4.69, 9.17) is 10.5 Å². The van der Waals surface area contributed by atoms with Crippen LogP contribution < -0.4 is 10.6 Å². The van der Waals surface area contributed by atoms with Crippen LogP contribution in [0, 0.1) is 0 Å². The summed E-state index contributed by atoms with van der Waals surface area (Å²) in [6, 6.07) is 25.9. The Bertz CT molecular complexity index is 1160. The van der Waals surface area contributed by atoms with Gasteiger partial charge in [0, 0.05) is 38.4 Å². The van der Waals surface area contributed by atoms with Crippen molar-refractivity contribution >= 4 is 17.6 Å². The van der Waals surface area contributed by atoms with E-state index in [0.29, 0.717) is 12.2 Å². The minimum absolute atomic E-state index is 0.130. The summed E-state index contributed by atoms with van der Waals surface area (Å²) in [6.45, 7) is 8.91. The van der Waals surface area contributed by atoms with E-state index < -0.39 is 5.92 Å². The summed E-state index contributed by atoms with van der Waals surface area (Å²) in [5, 5.41) is 0. The summed E-state index contributed by atoms with van der Waals surface area (Å²) in [7, 11) is 0. The Hall–Kier alpha value is -3.64. The average molecular weight is 486 g/mol. The first-order valence-electron chi connectivity index (χ1n) is 12.6. The van der Waals surface area contributed by atoms with Gasteiger partial charge < -0.3 is 15.4 Å². The van der Waals surface area contributed by atoms with Gasteiger partial charge in [-0.15, -0.1) is 0 Å². The fourth-order valence-electron chi connectivity index (χ4n) is 5.07. The van der Waals surface area contributed by atoms with E-state index >= 15 is 0 Å². The van der Waals surface area contributed by atoms with Gasteiger partial charge in [-0.2, -0.15) is 0 Å². The lowest BCUT2D eigenvalue weighted by Crippen LogP contribution is -2.46. The third-order valence-corrected chi connectivity index (χ3v) is 6.98. The van der Waals surface area contributed by atoms with Gasteiger partial charge in [0.25, 0.3) is 0 Å². The average Bonchev–Trinajstić information content (AvgIpc) is 2.90. The van der Waals surface area contributed by atoms with Crippen LogP contribution in [0.3, 0.4) is 0 Å². The highest BCUT2D eigenvalue weighted by atomic mass is 16.5. The van der Waals surface area contributed by atoms with E-state index in [1.54, 1.807) is 19.1 Å². The van der Waals surface area contributed by atoms with E-state index in [2.05, 4.69) is 59.2 Å². The molecule has 0 saturated carbocycles. The lowest BCUT2D eigenvalue weighted by Gasteiger charge is -2.38. The maximum Gasteiger partial charge on any atom is 0.338 e. The third kappa shape index (κ3) is 5.94. The van der Waals surface area contributed by atoms with Crippen molar-refractivity contribution < 1.29 is 14.3 Å². The molecule has 0 spiro atoms. The van der Waals surface area contributed by atoms with Gasteiger partial charge in [-0.25, -0.2) is 4.79 Å². The van der Waals surface area contributed by atoms with Gasteiger partial charge in [0.1, 0.15) is 0 Å². The van der Waals surface area contributed by atoms with Crippen molar-refractivity contribution in [1.29, 1.82) is 0 Å². The van der Waals surface area contributed by atoms with E-state index in [1.807, 2.05) is 24.3 Å². The van der Waals surface area contributed by atoms with Crippen LogP contribution in [0.25, 0.3) is 0 Å². The minimum Gasteiger partial charge on any atom is -0.462 e. The predicted octanol–water partition coefficient (Wildman–Crippen LogP) is 4.56. The molecule has 36 heavy (non-hydrogen) atoms. The van der Waals surface area contributed by atoms with Gasteiger partial charge in [-0.05, 0) is 47.7 Å².